The van der Waals surface area contributed by atoms with Crippen molar-refractivity contribution in [3.63, 3.8) is 0 Å². The predicted octanol–water partition coefficient (Wildman–Crippen LogP) is 4.54. The zero-order chi connectivity index (χ0) is 28.5. The maximum Gasteiger partial charge on any atom is 0.521 e. The molecule has 1 heterocycles. The first-order valence-electron chi connectivity index (χ1n) is 14.1. The van der Waals surface area contributed by atoms with Crippen molar-refractivity contribution in [3.8, 4) is 0 Å². The van der Waals surface area contributed by atoms with Gasteiger partial charge in [-0.2, -0.15) is 9.28 Å². The fraction of sp³-hybridized carbons (Fsp3) is 0.846. The molecule has 38 heavy (non-hydrogen) atoms. The molecule has 0 aromatic rings. The first-order chi connectivity index (χ1) is 18.0. The van der Waals surface area contributed by atoms with E-state index in [-0.39, 0.29) is 24.8 Å². The predicted molar refractivity (Wildman–Crippen MR) is 142 cm³/mol. The highest BCUT2D eigenvalue weighted by molar-refractivity contribution is 7.54. The summed E-state index contributed by atoms with van der Waals surface area (Å²) in [5, 5.41) is 15.6. The lowest BCUT2D eigenvalue weighted by Gasteiger charge is -2.34. The Morgan fingerprint density at radius 3 is 2.13 bits per heavy atom. The third kappa shape index (κ3) is 7.43. The van der Waals surface area contributed by atoms with Gasteiger partial charge in [-0.3, -0.25) is 18.7 Å². The fourth-order valence-electron chi connectivity index (χ4n) is 5.23. The van der Waals surface area contributed by atoms with Crippen LogP contribution in [0.15, 0.2) is 0 Å². The van der Waals surface area contributed by atoms with Gasteiger partial charge in [0.15, 0.2) is 6.10 Å². The van der Waals surface area contributed by atoms with E-state index in [2.05, 4.69) is 10.6 Å². The Hall–Kier alpha value is -1.81. The minimum atomic E-state index is -4.11. The summed E-state index contributed by atoms with van der Waals surface area (Å²) in [6, 6.07) is -1.23. The van der Waals surface area contributed by atoms with Gasteiger partial charge < -0.3 is 20.3 Å². The Balaban J connectivity index is 2.23. The topological polar surface area (TPSA) is 148 Å². The average Bonchev–Trinajstić information content (AvgIpc) is 3.24. The maximum absolute atomic E-state index is 14.0. The van der Waals surface area contributed by atoms with Gasteiger partial charge in [0.05, 0.1) is 6.54 Å². The van der Waals surface area contributed by atoms with Crippen LogP contribution in [0.1, 0.15) is 98.3 Å². The first-order valence-corrected chi connectivity index (χ1v) is 15.7. The number of quaternary nitrogens is 1. The molecule has 218 valence electrons. The molecule has 3 N–H and O–H groups in total. The Labute approximate surface area is 226 Å². The van der Waals surface area contributed by atoms with Crippen molar-refractivity contribution in [2.75, 3.05) is 13.7 Å². The number of nitrogens with zero attached hydrogens (tertiary/aromatic N) is 1. The number of carbonyl (C=O) groups excluding carboxylic acids is 3. The number of hydrogen-bond donors (Lipinski definition) is 3. The second-order valence-electron chi connectivity index (χ2n) is 10.7. The van der Waals surface area contributed by atoms with Gasteiger partial charge >= 0.3 is 19.6 Å². The number of rotatable bonds is 15. The number of nitrogens with one attached hydrogen (secondary N) is 2. The molecule has 0 aromatic carbocycles. The molecule has 0 spiro atoms. The lowest BCUT2D eigenvalue weighted by molar-refractivity contribution is -0.793. The number of carbonyl (C=O) groups is 4. The summed E-state index contributed by atoms with van der Waals surface area (Å²) in [4.78, 5) is 51.5. The second-order valence-corrected chi connectivity index (χ2v) is 13.0. The number of unbranched alkanes of at least 4 members (excludes halogenated alkanes) is 2. The van der Waals surface area contributed by atoms with Gasteiger partial charge in [0.2, 0.25) is 11.8 Å². The monoisotopic (exact) mass is 560 g/mol. The largest absolute Gasteiger partial charge is 0.521 e. The molecule has 2 aliphatic rings. The van der Waals surface area contributed by atoms with Gasteiger partial charge in [0, 0.05) is 25.9 Å². The zero-order valence-corrected chi connectivity index (χ0v) is 24.5. The normalized spacial score (nSPS) is 25.4. The quantitative estimate of drug-likeness (QED) is 0.195. The van der Waals surface area contributed by atoms with Crippen LogP contribution in [0.3, 0.4) is 0 Å². The van der Waals surface area contributed by atoms with E-state index in [0.29, 0.717) is 25.7 Å². The second kappa shape index (κ2) is 14.5. The van der Waals surface area contributed by atoms with E-state index in [4.69, 9.17) is 9.05 Å². The van der Waals surface area contributed by atoms with Crippen molar-refractivity contribution in [1.29, 1.82) is 0 Å². The van der Waals surface area contributed by atoms with Crippen LogP contribution in [0, 0.1) is 5.92 Å². The smallest absolute Gasteiger partial charge is 0.435 e. The number of likely N-dealkylation sites (tertiary alicyclic amines) is 1. The zero-order valence-electron chi connectivity index (χ0n) is 23.6. The van der Waals surface area contributed by atoms with Gasteiger partial charge in [0.25, 0.3) is 0 Å². The Morgan fingerprint density at radius 2 is 1.66 bits per heavy atom. The summed E-state index contributed by atoms with van der Waals surface area (Å²) in [7, 11) is -2.92. The van der Waals surface area contributed by atoms with Crippen LogP contribution >= 0.6 is 7.60 Å². The van der Waals surface area contributed by atoms with Gasteiger partial charge in [0.1, 0.15) is 17.9 Å². The average molecular weight is 561 g/mol. The molecule has 12 heteroatoms. The van der Waals surface area contributed by atoms with Crippen LogP contribution in [-0.2, 0) is 28.0 Å². The molecule has 2 fully saturated rings. The first kappa shape index (κ1) is 32.4. The van der Waals surface area contributed by atoms with Crippen LogP contribution < -0.4 is 10.6 Å². The van der Waals surface area contributed by atoms with Gasteiger partial charge in [-0.1, -0.05) is 46.0 Å². The highest BCUT2D eigenvalue weighted by Gasteiger charge is 2.56. The van der Waals surface area contributed by atoms with Crippen molar-refractivity contribution in [2.24, 2.45) is 5.92 Å². The van der Waals surface area contributed by atoms with Gasteiger partial charge in [-0.05, 0) is 39.5 Å². The lowest BCUT2D eigenvalue weighted by Crippen LogP contribution is -2.61. The van der Waals surface area contributed by atoms with E-state index < -0.39 is 54.0 Å². The minimum Gasteiger partial charge on any atom is -0.435 e. The molecule has 6 atom stereocenters. The number of imide groups is 1. The molecule has 0 aromatic heterocycles. The van der Waals surface area contributed by atoms with Crippen molar-refractivity contribution in [1.82, 2.24) is 10.6 Å². The molecular weight excluding hydrogens is 513 g/mol. The van der Waals surface area contributed by atoms with Crippen LogP contribution in [0.4, 0.5) is 4.79 Å². The van der Waals surface area contributed by atoms with Crippen LogP contribution in [0.2, 0.25) is 0 Å². The highest BCUT2D eigenvalue weighted by atomic mass is 31.2. The van der Waals surface area contributed by atoms with E-state index in [1.165, 1.54) is 14.0 Å². The van der Waals surface area contributed by atoms with Crippen LogP contribution in [0.25, 0.3) is 0 Å². The lowest BCUT2D eigenvalue weighted by atomic mass is 9.84. The SMILES string of the molecule is CCCCC(NC(=O)C1CCC1)C(=O)N[C@H](CCCC)P(=O)(OC)OC(C)C(=O)[N+]1(C(=O)O)CCC[C@H]1C. The van der Waals surface area contributed by atoms with E-state index in [1.54, 1.807) is 6.92 Å². The number of hydrogen-bond acceptors (Lipinski definition) is 7. The molecule has 4 unspecified atom stereocenters. The van der Waals surface area contributed by atoms with Crippen molar-refractivity contribution < 1.29 is 42.4 Å². The van der Waals surface area contributed by atoms with Crippen molar-refractivity contribution in [3.05, 3.63) is 0 Å². The molecule has 1 saturated heterocycles. The molecule has 0 bridgehead atoms. The summed E-state index contributed by atoms with van der Waals surface area (Å²) in [6.07, 6.45) is 4.77. The van der Waals surface area contributed by atoms with E-state index in [0.717, 1.165) is 38.5 Å². The Morgan fingerprint density at radius 1 is 1.03 bits per heavy atom. The Kier molecular flexibility index (Phi) is 12.4. The van der Waals surface area contributed by atoms with Crippen LogP contribution in [0.5, 0.6) is 0 Å². The summed E-state index contributed by atoms with van der Waals surface area (Å²) in [5.74, 6) is -2.47. The summed E-state index contributed by atoms with van der Waals surface area (Å²) in [6.45, 7) is 7.16. The Bertz CT molecular complexity index is 896. The molecule has 1 aliphatic carbocycles. The van der Waals surface area contributed by atoms with Crippen LogP contribution in [-0.4, -0.2) is 71.0 Å². The third-order valence-corrected chi connectivity index (χ3v) is 10.3. The molecule has 2 rings (SSSR count). The van der Waals surface area contributed by atoms with Crippen molar-refractivity contribution >= 4 is 31.4 Å². The molecule has 11 nitrogen and oxygen atoms in total. The molecule has 0 radical (unpaired) electrons. The standard InChI is InChI=1S/C26H46N3O8P/c1-6-8-15-21(27-23(30)20-13-10-14-20)24(31)28-22(16-9-7-2)38(35,36-5)37-19(4)25(32)29(26(33)34)17-11-12-18(29)3/h18-22H,6-17H2,1-5H3,(H2-,27,28,30,31,33,34)/p+1/t18-,19?,21?,22+,29?,38?/m1/s1. The number of amides is 4. The molecule has 4 amide bonds. The fourth-order valence-corrected chi connectivity index (χ4v) is 7.03. The number of carboxylic acid groups (broad SMARTS) is 1. The van der Waals surface area contributed by atoms with Gasteiger partial charge in [-0.25, -0.2) is 4.79 Å². The maximum atomic E-state index is 14.0. The molecule has 1 aliphatic heterocycles. The molecular formula is C26H47N3O8P+. The van der Waals surface area contributed by atoms with E-state index in [9.17, 15) is 28.8 Å². The minimum absolute atomic E-state index is 0.0826. The van der Waals surface area contributed by atoms with Gasteiger partial charge in [-0.15, -0.1) is 0 Å². The highest BCUT2D eigenvalue weighted by Crippen LogP contribution is 2.54. The molecule has 1 saturated carbocycles. The van der Waals surface area contributed by atoms with Crippen molar-refractivity contribution in [2.45, 2.75) is 122 Å². The summed E-state index contributed by atoms with van der Waals surface area (Å²) < 4.78 is 24.3. The summed E-state index contributed by atoms with van der Waals surface area (Å²) in [5.41, 5.74) is 0. The van der Waals surface area contributed by atoms with E-state index in [1.807, 2.05) is 13.8 Å². The summed E-state index contributed by atoms with van der Waals surface area (Å²) >= 11 is 0. The van der Waals surface area contributed by atoms with E-state index >= 15 is 0 Å². The third-order valence-electron chi connectivity index (χ3n) is 8.00.